The van der Waals surface area contributed by atoms with Crippen LogP contribution in [0.5, 0.6) is 0 Å². The summed E-state index contributed by atoms with van der Waals surface area (Å²) in [5.74, 6) is -0.359. The normalized spacial score (nSPS) is 10.9. The predicted molar refractivity (Wildman–Crippen MR) is 69.4 cm³/mol. The summed E-state index contributed by atoms with van der Waals surface area (Å²) in [4.78, 5) is 11.0. The maximum atomic E-state index is 11.0. The molecule has 0 aromatic heterocycles. The number of hydrogen-bond donors (Lipinski definition) is 1. The van der Waals surface area contributed by atoms with Crippen LogP contribution in [-0.4, -0.2) is 13.1 Å². The summed E-state index contributed by atoms with van der Waals surface area (Å²) < 4.78 is 4.53. The number of ether oxygens (including phenoxy) is 1. The van der Waals surface area contributed by atoms with Crippen molar-refractivity contribution in [3.8, 4) is 0 Å². The second-order valence-corrected chi connectivity index (χ2v) is 3.72. The molecule has 2 N–H and O–H groups in total. The molecule has 3 nitrogen and oxygen atoms in total. The van der Waals surface area contributed by atoms with Crippen molar-refractivity contribution in [3.05, 3.63) is 48.0 Å². The number of carbonyl (C=O) groups is 1. The molecule has 0 saturated carbocycles. The van der Waals surface area contributed by atoms with Crippen LogP contribution in [-0.2, 0) is 9.53 Å². The molecule has 0 bridgehead atoms. The van der Waals surface area contributed by atoms with E-state index >= 15 is 0 Å². The molecule has 0 aliphatic heterocycles. The summed E-state index contributed by atoms with van der Waals surface area (Å²) in [5.41, 5.74) is 7.40. The first kappa shape index (κ1) is 11.2. The number of benzene rings is 2. The lowest BCUT2D eigenvalue weighted by Gasteiger charge is -2.01. The van der Waals surface area contributed by atoms with Gasteiger partial charge in [0.1, 0.15) is 0 Å². The molecule has 0 aliphatic rings. The minimum absolute atomic E-state index is 0.359. The average Bonchev–Trinajstić information content (AvgIpc) is 2.35. The van der Waals surface area contributed by atoms with Gasteiger partial charge in [-0.15, -0.1) is 0 Å². The van der Waals surface area contributed by atoms with Crippen LogP contribution in [0.3, 0.4) is 0 Å². The fourth-order valence-corrected chi connectivity index (χ4v) is 1.62. The summed E-state index contributed by atoms with van der Waals surface area (Å²) in [6.45, 7) is 0. The fraction of sp³-hybridized carbons (Fsp3) is 0.0714. The molecule has 86 valence electrons. The van der Waals surface area contributed by atoms with Crippen molar-refractivity contribution in [2.75, 3.05) is 12.8 Å². The summed E-state index contributed by atoms with van der Waals surface area (Å²) in [5, 5.41) is 2.17. The number of nitrogens with two attached hydrogens (primary N) is 1. The number of hydrogen-bond acceptors (Lipinski definition) is 3. The minimum atomic E-state index is -0.359. The van der Waals surface area contributed by atoms with E-state index in [0.29, 0.717) is 0 Å². The number of nitrogen functional groups attached to an aromatic ring is 1. The Morgan fingerprint density at radius 2 is 1.88 bits per heavy atom. The van der Waals surface area contributed by atoms with E-state index < -0.39 is 0 Å². The zero-order valence-corrected chi connectivity index (χ0v) is 9.51. The fourth-order valence-electron chi connectivity index (χ4n) is 1.62. The zero-order valence-electron chi connectivity index (χ0n) is 9.51. The molecule has 0 radical (unpaired) electrons. The first-order chi connectivity index (χ1) is 8.19. The highest BCUT2D eigenvalue weighted by Gasteiger charge is 1.96. The van der Waals surface area contributed by atoms with Gasteiger partial charge in [0.25, 0.3) is 0 Å². The van der Waals surface area contributed by atoms with Crippen LogP contribution in [0.1, 0.15) is 5.56 Å². The van der Waals surface area contributed by atoms with Crippen LogP contribution in [0.4, 0.5) is 5.69 Å². The topological polar surface area (TPSA) is 52.3 Å². The Bertz CT molecular complexity index is 588. The van der Waals surface area contributed by atoms with Gasteiger partial charge in [-0.1, -0.05) is 18.2 Å². The van der Waals surface area contributed by atoms with Crippen molar-refractivity contribution >= 4 is 28.5 Å². The highest BCUT2D eigenvalue weighted by molar-refractivity contribution is 5.90. The average molecular weight is 227 g/mol. The number of carbonyl (C=O) groups excluding carboxylic acids is 1. The van der Waals surface area contributed by atoms with E-state index in [2.05, 4.69) is 4.74 Å². The van der Waals surface area contributed by atoms with Crippen LogP contribution in [0, 0.1) is 0 Å². The van der Waals surface area contributed by atoms with E-state index in [-0.39, 0.29) is 5.97 Å². The van der Waals surface area contributed by atoms with Gasteiger partial charge in [-0.25, -0.2) is 4.79 Å². The van der Waals surface area contributed by atoms with Crippen molar-refractivity contribution in [2.24, 2.45) is 0 Å². The lowest BCUT2D eigenvalue weighted by molar-refractivity contribution is -0.134. The second-order valence-electron chi connectivity index (χ2n) is 3.72. The molecule has 2 aromatic carbocycles. The molecule has 0 amide bonds. The van der Waals surface area contributed by atoms with Gasteiger partial charge in [-0.3, -0.25) is 0 Å². The molecule has 0 unspecified atom stereocenters. The quantitative estimate of drug-likeness (QED) is 0.487. The molecule has 3 heteroatoms. The van der Waals surface area contributed by atoms with E-state index in [1.54, 1.807) is 6.08 Å². The zero-order chi connectivity index (χ0) is 12.3. The first-order valence-electron chi connectivity index (χ1n) is 5.24. The molecular formula is C14H13NO2. The Balaban J connectivity index is 2.35. The van der Waals surface area contributed by atoms with Crippen LogP contribution in [0.25, 0.3) is 16.8 Å². The van der Waals surface area contributed by atoms with E-state index in [1.165, 1.54) is 13.2 Å². The Kier molecular flexibility index (Phi) is 3.10. The van der Waals surface area contributed by atoms with Crippen LogP contribution in [0.15, 0.2) is 42.5 Å². The van der Waals surface area contributed by atoms with Gasteiger partial charge >= 0.3 is 5.97 Å². The number of rotatable bonds is 2. The van der Waals surface area contributed by atoms with Gasteiger partial charge in [0.05, 0.1) is 7.11 Å². The number of anilines is 1. The van der Waals surface area contributed by atoms with Crippen molar-refractivity contribution in [1.82, 2.24) is 0 Å². The number of fused-ring (bicyclic) bond motifs is 1. The molecule has 0 spiro atoms. The Morgan fingerprint density at radius 1 is 1.18 bits per heavy atom. The van der Waals surface area contributed by atoms with Gasteiger partial charge in [-0.2, -0.15) is 0 Å². The summed E-state index contributed by atoms with van der Waals surface area (Å²) in [7, 11) is 1.36. The standard InChI is InChI=1S/C14H13NO2/c1-17-14(16)7-3-10-2-4-12-9-13(15)6-5-11(12)8-10/h2-9H,15H2,1H3. The van der Waals surface area contributed by atoms with Gasteiger partial charge < -0.3 is 10.5 Å². The first-order valence-corrected chi connectivity index (χ1v) is 5.24. The van der Waals surface area contributed by atoms with E-state index in [4.69, 9.17) is 5.73 Å². The van der Waals surface area contributed by atoms with Gasteiger partial charge in [0.15, 0.2) is 0 Å². The summed E-state index contributed by atoms with van der Waals surface area (Å²) in [6, 6.07) is 11.6. The maximum absolute atomic E-state index is 11.0. The number of esters is 1. The third kappa shape index (κ3) is 2.64. The largest absolute Gasteiger partial charge is 0.466 e. The summed E-state index contributed by atoms with van der Waals surface area (Å²) >= 11 is 0. The molecule has 17 heavy (non-hydrogen) atoms. The monoisotopic (exact) mass is 227 g/mol. The molecular weight excluding hydrogens is 214 g/mol. The lowest BCUT2D eigenvalue weighted by atomic mass is 10.1. The van der Waals surface area contributed by atoms with E-state index in [9.17, 15) is 4.79 Å². The third-order valence-electron chi connectivity index (χ3n) is 2.50. The van der Waals surface area contributed by atoms with Crippen molar-refractivity contribution in [2.45, 2.75) is 0 Å². The third-order valence-corrected chi connectivity index (χ3v) is 2.50. The Labute approximate surface area is 99.5 Å². The molecule has 0 saturated heterocycles. The van der Waals surface area contributed by atoms with Crippen LogP contribution in [0.2, 0.25) is 0 Å². The lowest BCUT2D eigenvalue weighted by Crippen LogP contribution is -1.93. The van der Waals surface area contributed by atoms with Gasteiger partial charge in [0.2, 0.25) is 0 Å². The number of methoxy groups -OCH3 is 1. The maximum Gasteiger partial charge on any atom is 0.330 e. The Hall–Kier alpha value is -2.29. The predicted octanol–water partition coefficient (Wildman–Crippen LogP) is 2.61. The van der Waals surface area contributed by atoms with Crippen LogP contribution < -0.4 is 5.73 Å². The molecule has 0 fully saturated rings. The summed E-state index contributed by atoms with van der Waals surface area (Å²) in [6.07, 6.45) is 3.13. The highest BCUT2D eigenvalue weighted by Crippen LogP contribution is 2.19. The highest BCUT2D eigenvalue weighted by atomic mass is 16.5. The Morgan fingerprint density at radius 3 is 2.65 bits per heavy atom. The van der Waals surface area contributed by atoms with Crippen molar-refractivity contribution in [1.29, 1.82) is 0 Å². The van der Waals surface area contributed by atoms with Crippen molar-refractivity contribution in [3.63, 3.8) is 0 Å². The molecule has 2 aromatic rings. The SMILES string of the molecule is COC(=O)C=Cc1ccc2cc(N)ccc2c1. The van der Waals surface area contributed by atoms with E-state index in [1.807, 2.05) is 36.4 Å². The molecule has 0 atom stereocenters. The van der Waals surface area contributed by atoms with Gasteiger partial charge in [0, 0.05) is 11.8 Å². The van der Waals surface area contributed by atoms with E-state index in [0.717, 1.165) is 22.0 Å². The smallest absolute Gasteiger partial charge is 0.330 e. The minimum Gasteiger partial charge on any atom is -0.466 e. The second kappa shape index (κ2) is 4.70. The molecule has 0 heterocycles. The molecule has 2 rings (SSSR count). The van der Waals surface area contributed by atoms with Crippen molar-refractivity contribution < 1.29 is 9.53 Å². The molecule has 0 aliphatic carbocycles. The van der Waals surface area contributed by atoms with Gasteiger partial charge in [-0.05, 0) is 40.6 Å². The van der Waals surface area contributed by atoms with Crippen LogP contribution >= 0.6 is 0 Å².